The van der Waals surface area contributed by atoms with Crippen molar-refractivity contribution >= 4 is 28.4 Å². The molecule has 0 saturated heterocycles. The molecule has 5 nitrogen and oxygen atoms in total. The molecule has 0 spiro atoms. The van der Waals surface area contributed by atoms with E-state index in [1.54, 1.807) is 0 Å². The maximum Gasteiger partial charge on any atom is 0.174 e. The van der Waals surface area contributed by atoms with E-state index in [-0.39, 0.29) is 0 Å². The van der Waals surface area contributed by atoms with Gasteiger partial charge in [0.15, 0.2) is 16.6 Å². The molecule has 86 valence electrons. The molecule has 17 heavy (non-hydrogen) atoms. The third kappa shape index (κ3) is 1.55. The zero-order valence-corrected chi connectivity index (χ0v) is 9.75. The van der Waals surface area contributed by atoms with E-state index in [4.69, 9.17) is 21.9 Å². The Balaban J connectivity index is 2.21. The number of nitrogen functional groups attached to an aromatic ring is 1. The number of fused-ring (bicyclic) bond motifs is 1. The summed E-state index contributed by atoms with van der Waals surface area (Å²) in [4.78, 5) is 7.21. The third-order valence-electron chi connectivity index (χ3n) is 2.57. The number of nitrogens with one attached hydrogen (secondary N) is 1. The summed E-state index contributed by atoms with van der Waals surface area (Å²) in [6.07, 6.45) is 0. The number of rotatable bonds is 1. The SMILES string of the molecule is Cc1nc(Cl)c(-c2ccc3c(N)noc3c2)[nH]1. The number of halogens is 1. The maximum absolute atomic E-state index is 6.02. The molecule has 0 atom stereocenters. The number of aromatic amines is 1. The molecule has 2 heterocycles. The van der Waals surface area contributed by atoms with Gasteiger partial charge in [-0.15, -0.1) is 0 Å². The highest BCUT2D eigenvalue weighted by Crippen LogP contribution is 2.29. The fourth-order valence-electron chi connectivity index (χ4n) is 1.77. The van der Waals surface area contributed by atoms with E-state index in [1.807, 2.05) is 25.1 Å². The second-order valence-electron chi connectivity index (χ2n) is 3.77. The molecule has 0 aliphatic heterocycles. The van der Waals surface area contributed by atoms with Crippen LogP contribution in [0.4, 0.5) is 5.82 Å². The second-order valence-corrected chi connectivity index (χ2v) is 4.12. The zero-order valence-electron chi connectivity index (χ0n) is 8.99. The summed E-state index contributed by atoms with van der Waals surface area (Å²) >= 11 is 6.02. The van der Waals surface area contributed by atoms with E-state index < -0.39 is 0 Å². The lowest BCUT2D eigenvalue weighted by Gasteiger charge is -1.97. The van der Waals surface area contributed by atoms with Gasteiger partial charge >= 0.3 is 0 Å². The summed E-state index contributed by atoms with van der Waals surface area (Å²) in [5.74, 6) is 1.15. The van der Waals surface area contributed by atoms with E-state index in [0.717, 1.165) is 22.5 Å². The Bertz CT molecular complexity index is 701. The standard InChI is InChI=1S/C11H9ClN4O/c1-5-14-9(10(12)15-5)6-2-3-7-8(4-6)17-16-11(7)13/h2-4H,1H3,(H2,13,16)(H,14,15). The van der Waals surface area contributed by atoms with Gasteiger partial charge in [0.25, 0.3) is 0 Å². The summed E-state index contributed by atoms with van der Waals surface area (Å²) in [5.41, 5.74) is 7.93. The molecule has 6 heteroatoms. The lowest BCUT2D eigenvalue weighted by molar-refractivity contribution is 0.460. The maximum atomic E-state index is 6.02. The van der Waals surface area contributed by atoms with Crippen LogP contribution in [-0.2, 0) is 0 Å². The Morgan fingerprint density at radius 2 is 2.24 bits per heavy atom. The van der Waals surface area contributed by atoms with Crippen LogP contribution < -0.4 is 5.73 Å². The van der Waals surface area contributed by atoms with E-state index in [2.05, 4.69) is 15.1 Å². The lowest BCUT2D eigenvalue weighted by Crippen LogP contribution is -1.83. The zero-order chi connectivity index (χ0) is 12.0. The first kappa shape index (κ1) is 10.2. The highest BCUT2D eigenvalue weighted by atomic mass is 35.5. The second kappa shape index (κ2) is 3.49. The highest BCUT2D eigenvalue weighted by Gasteiger charge is 2.11. The lowest BCUT2D eigenvalue weighted by atomic mass is 10.1. The molecule has 3 rings (SSSR count). The minimum atomic E-state index is 0.387. The molecule has 3 aromatic rings. The number of imidazole rings is 1. The van der Waals surface area contributed by atoms with Gasteiger partial charge in [-0.05, 0) is 19.1 Å². The van der Waals surface area contributed by atoms with Crippen molar-refractivity contribution in [2.24, 2.45) is 0 Å². The fraction of sp³-hybridized carbons (Fsp3) is 0.0909. The number of aromatic nitrogens is 3. The average Bonchev–Trinajstić information content (AvgIpc) is 2.82. The van der Waals surface area contributed by atoms with Gasteiger partial charge in [0.2, 0.25) is 0 Å². The molecule has 0 fully saturated rings. The normalized spacial score (nSPS) is 11.2. The van der Waals surface area contributed by atoms with E-state index in [0.29, 0.717) is 16.6 Å². The van der Waals surface area contributed by atoms with Crippen molar-refractivity contribution < 1.29 is 4.52 Å². The molecule has 2 aromatic heterocycles. The topological polar surface area (TPSA) is 80.7 Å². The summed E-state index contributed by atoms with van der Waals surface area (Å²) in [6, 6.07) is 5.58. The van der Waals surface area contributed by atoms with Gasteiger partial charge in [0.05, 0.1) is 11.1 Å². The quantitative estimate of drug-likeness (QED) is 0.694. The Labute approximate surface area is 102 Å². The molecule has 0 aliphatic rings. The van der Waals surface area contributed by atoms with Gasteiger partial charge in [-0.25, -0.2) is 4.98 Å². The van der Waals surface area contributed by atoms with Crippen LogP contribution in [0.3, 0.4) is 0 Å². The van der Waals surface area contributed by atoms with Gasteiger partial charge in [0.1, 0.15) is 5.82 Å². The number of hydrogen-bond donors (Lipinski definition) is 2. The van der Waals surface area contributed by atoms with Gasteiger partial charge in [-0.3, -0.25) is 0 Å². The van der Waals surface area contributed by atoms with Crippen molar-refractivity contribution in [3.8, 4) is 11.3 Å². The van der Waals surface area contributed by atoms with Crippen LogP contribution in [0.1, 0.15) is 5.82 Å². The average molecular weight is 249 g/mol. The summed E-state index contributed by atoms with van der Waals surface area (Å²) in [6.45, 7) is 1.85. The number of hydrogen-bond acceptors (Lipinski definition) is 4. The van der Waals surface area contributed by atoms with Gasteiger partial charge in [-0.1, -0.05) is 22.8 Å². The molecular formula is C11H9ClN4O. The van der Waals surface area contributed by atoms with Crippen LogP contribution >= 0.6 is 11.6 Å². The van der Waals surface area contributed by atoms with E-state index in [1.165, 1.54) is 0 Å². The van der Waals surface area contributed by atoms with Crippen LogP contribution in [0.2, 0.25) is 5.15 Å². The van der Waals surface area contributed by atoms with Crippen molar-refractivity contribution in [1.29, 1.82) is 0 Å². The Kier molecular flexibility index (Phi) is 2.09. The largest absolute Gasteiger partial charge is 0.380 e. The van der Waals surface area contributed by atoms with E-state index in [9.17, 15) is 0 Å². The van der Waals surface area contributed by atoms with Crippen molar-refractivity contribution in [3.05, 3.63) is 29.2 Å². The molecule has 0 saturated carbocycles. The first-order valence-electron chi connectivity index (χ1n) is 5.02. The van der Waals surface area contributed by atoms with Crippen LogP contribution in [0.5, 0.6) is 0 Å². The Morgan fingerprint density at radius 1 is 1.41 bits per heavy atom. The number of nitrogens with zero attached hydrogens (tertiary/aromatic N) is 2. The van der Waals surface area contributed by atoms with Crippen LogP contribution in [-0.4, -0.2) is 15.1 Å². The Hall–Kier alpha value is -2.01. The van der Waals surface area contributed by atoms with Crippen molar-refractivity contribution in [1.82, 2.24) is 15.1 Å². The summed E-state index contributed by atoms with van der Waals surface area (Å²) in [7, 11) is 0. The number of benzene rings is 1. The van der Waals surface area contributed by atoms with Gasteiger partial charge in [0, 0.05) is 5.56 Å². The highest BCUT2D eigenvalue weighted by molar-refractivity contribution is 6.32. The molecular weight excluding hydrogens is 240 g/mol. The third-order valence-corrected chi connectivity index (χ3v) is 2.84. The number of H-pyrrole nitrogens is 1. The van der Waals surface area contributed by atoms with Crippen molar-refractivity contribution in [2.75, 3.05) is 5.73 Å². The van der Waals surface area contributed by atoms with Gasteiger partial charge < -0.3 is 15.2 Å². The summed E-state index contributed by atoms with van der Waals surface area (Å²) < 4.78 is 5.11. The van der Waals surface area contributed by atoms with Crippen LogP contribution in [0.25, 0.3) is 22.2 Å². The number of nitrogens with two attached hydrogens (primary N) is 1. The minimum absolute atomic E-state index is 0.387. The molecule has 0 radical (unpaired) electrons. The van der Waals surface area contributed by atoms with Crippen LogP contribution in [0.15, 0.2) is 22.7 Å². The predicted molar refractivity (Wildman–Crippen MR) is 65.8 cm³/mol. The first-order chi connectivity index (χ1) is 8.15. The minimum Gasteiger partial charge on any atom is -0.380 e. The first-order valence-corrected chi connectivity index (χ1v) is 5.40. The molecule has 1 aromatic carbocycles. The smallest absolute Gasteiger partial charge is 0.174 e. The summed E-state index contributed by atoms with van der Waals surface area (Å²) in [5, 5.41) is 4.93. The molecule has 0 unspecified atom stereocenters. The van der Waals surface area contributed by atoms with E-state index >= 15 is 0 Å². The molecule has 3 N–H and O–H groups in total. The monoisotopic (exact) mass is 248 g/mol. The van der Waals surface area contributed by atoms with Crippen molar-refractivity contribution in [3.63, 3.8) is 0 Å². The Morgan fingerprint density at radius 3 is 2.94 bits per heavy atom. The predicted octanol–water partition coefficient (Wildman–Crippen LogP) is 2.76. The fourth-order valence-corrected chi connectivity index (χ4v) is 2.05. The molecule has 0 amide bonds. The van der Waals surface area contributed by atoms with Gasteiger partial charge in [-0.2, -0.15) is 0 Å². The number of anilines is 1. The van der Waals surface area contributed by atoms with Crippen LogP contribution in [0, 0.1) is 6.92 Å². The molecule has 0 bridgehead atoms. The molecule has 0 aliphatic carbocycles. The van der Waals surface area contributed by atoms with Crippen molar-refractivity contribution in [2.45, 2.75) is 6.92 Å². The number of aryl methyl sites for hydroxylation is 1.